The number of hydrogen-bond acceptors (Lipinski definition) is 4. The lowest BCUT2D eigenvalue weighted by Gasteiger charge is -2.29. The van der Waals surface area contributed by atoms with E-state index in [1.54, 1.807) is 11.8 Å². The lowest BCUT2D eigenvalue weighted by molar-refractivity contribution is 0.334. The summed E-state index contributed by atoms with van der Waals surface area (Å²) in [6.07, 6.45) is 7.27. The Morgan fingerprint density at radius 1 is 1.00 bits per heavy atom. The van der Waals surface area contributed by atoms with Crippen LogP contribution in [0, 0.1) is 11.5 Å². The zero-order chi connectivity index (χ0) is 16.4. The van der Waals surface area contributed by atoms with Crippen LogP contribution in [0.1, 0.15) is 24.8 Å². The van der Waals surface area contributed by atoms with Crippen LogP contribution in [0.15, 0.2) is 52.3 Å². The smallest absolute Gasteiger partial charge is 0.189 e. The Labute approximate surface area is 147 Å². The summed E-state index contributed by atoms with van der Waals surface area (Å²) in [5, 5.41) is 9.77. The highest BCUT2D eigenvalue weighted by Crippen LogP contribution is 2.49. The van der Waals surface area contributed by atoms with Crippen molar-refractivity contribution in [3.05, 3.63) is 48.0 Å². The molecule has 0 radical (unpaired) electrons. The second-order valence-corrected chi connectivity index (χ2v) is 7.51. The van der Waals surface area contributed by atoms with Crippen molar-refractivity contribution in [1.29, 1.82) is 5.26 Å². The minimum absolute atomic E-state index is 1.00. The number of para-hydroxylation sites is 2. The molecule has 2 aromatic rings. The molecule has 2 heterocycles. The van der Waals surface area contributed by atoms with Gasteiger partial charge in [0, 0.05) is 9.79 Å². The summed E-state index contributed by atoms with van der Waals surface area (Å²) in [5.41, 5.74) is 3.38. The van der Waals surface area contributed by atoms with Gasteiger partial charge in [-0.05, 0) is 69.1 Å². The number of anilines is 2. The van der Waals surface area contributed by atoms with Crippen molar-refractivity contribution in [3.63, 3.8) is 0 Å². The average Bonchev–Trinajstić information content (AvgIpc) is 3.13. The van der Waals surface area contributed by atoms with Crippen molar-refractivity contribution >= 4 is 23.1 Å². The Balaban J connectivity index is 1.59. The normalized spacial score (nSPS) is 16.5. The van der Waals surface area contributed by atoms with Crippen LogP contribution in [-0.4, -0.2) is 24.5 Å². The molecule has 0 bridgehead atoms. The largest absolute Gasteiger partial charge is 0.303 e. The summed E-state index contributed by atoms with van der Waals surface area (Å²) in [5.74, 6) is 0. The molecule has 0 unspecified atom stereocenters. The standard InChI is InChI=1S/C20H21N3S/c21-15-23-17-9-1-2-10-18(17)24-19-11-5-7-16(20(19)23)8-6-14-22-12-3-4-13-22/h1-2,5,7,9-11H,3-4,6,8,12-14H2. The number of benzene rings is 2. The van der Waals surface area contributed by atoms with Gasteiger partial charge in [0.05, 0.1) is 11.4 Å². The molecule has 0 saturated carbocycles. The first-order chi connectivity index (χ1) is 11.9. The molecule has 0 aromatic heterocycles. The highest BCUT2D eigenvalue weighted by Gasteiger charge is 2.25. The van der Waals surface area contributed by atoms with Crippen molar-refractivity contribution in [3.8, 4) is 6.19 Å². The van der Waals surface area contributed by atoms with Crippen molar-refractivity contribution < 1.29 is 0 Å². The molecule has 2 aliphatic rings. The average molecular weight is 335 g/mol. The molecular weight excluding hydrogens is 314 g/mol. The third-order valence-electron chi connectivity index (χ3n) is 4.85. The fourth-order valence-electron chi connectivity index (χ4n) is 3.68. The van der Waals surface area contributed by atoms with Gasteiger partial charge in [0.25, 0.3) is 0 Å². The Bertz CT molecular complexity index is 775. The monoisotopic (exact) mass is 335 g/mol. The molecule has 0 atom stereocenters. The fourth-order valence-corrected chi connectivity index (χ4v) is 4.79. The summed E-state index contributed by atoms with van der Waals surface area (Å²) < 4.78 is 0. The maximum atomic E-state index is 9.77. The summed E-state index contributed by atoms with van der Waals surface area (Å²) in [6, 6.07) is 14.6. The Kier molecular flexibility index (Phi) is 4.46. The van der Waals surface area contributed by atoms with E-state index in [2.05, 4.69) is 35.4 Å². The summed E-state index contributed by atoms with van der Waals surface area (Å²) in [6.45, 7) is 3.67. The molecule has 0 aliphatic carbocycles. The SMILES string of the molecule is N#CN1c2ccccc2Sc2cccc(CCCN3CCCC3)c21. The minimum atomic E-state index is 1.00. The number of rotatable bonds is 4. The molecule has 24 heavy (non-hydrogen) atoms. The van der Waals surface area contributed by atoms with E-state index in [9.17, 15) is 5.26 Å². The Morgan fingerprint density at radius 3 is 2.62 bits per heavy atom. The molecule has 1 fully saturated rings. The van der Waals surface area contributed by atoms with Gasteiger partial charge in [0.2, 0.25) is 0 Å². The highest BCUT2D eigenvalue weighted by atomic mass is 32.2. The van der Waals surface area contributed by atoms with Gasteiger partial charge in [-0.2, -0.15) is 5.26 Å². The molecule has 2 aliphatic heterocycles. The maximum Gasteiger partial charge on any atom is 0.189 e. The first kappa shape index (κ1) is 15.6. The van der Waals surface area contributed by atoms with E-state index < -0.39 is 0 Å². The van der Waals surface area contributed by atoms with E-state index in [0.29, 0.717) is 0 Å². The predicted molar refractivity (Wildman–Crippen MR) is 98.8 cm³/mol. The van der Waals surface area contributed by atoms with Gasteiger partial charge in [0.15, 0.2) is 6.19 Å². The van der Waals surface area contributed by atoms with E-state index >= 15 is 0 Å². The van der Waals surface area contributed by atoms with Gasteiger partial charge < -0.3 is 4.90 Å². The Hall–Kier alpha value is -1.96. The van der Waals surface area contributed by atoms with Gasteiger partial charge in [0.1, 0.15) is 0 Å². The van der Waals surface area contributed by atoms with E-state index in [1.807, 2.05) is 23.1 Å². The zero-order valence-electron chi connectivity index (χ0n) is 13.7. The second kappa shape index (κ2) is 6.88. The summed E-state index contributed by atoms with van der Waals surface area (Å²) >= 11 is 1.77. The topological polar surface area (TPSA) is 30.3 Å². The van der Waals surface area contributed by atoms with Crippen LogP contribution >= 0.6 is 11.8 Å². The van der Waals surface area contributed by atoms with Crippen LogP contribution in [0.3, 0.4) is 0 Å². The molecule has 0 spiro atoms. The first-order valence-corrected chi connectivity index (χ1v) is 9.49. The molecule has 4 rings (SSSR count). The third kappa shape index (κ3) is 2.90. The van der Waals surface area contributed by atoms with Gasteiger partial charge in [-0.1, -0.05) is 36.0 Å². The van der Waals surface area contributed by atoms with Crippen LogP contribution in [0.5, 0.6) is 0 Å². The minimum Gasteiger partial charge on any atom is -0.303 e. The van der Waals surface area contributed by atoms with Crippen molar-refractivity contribution in [2.45, 2.75) is 35.5 Å². The van der Waals surface area contributed by atoms with Gasteiger partial charge in [-0.25, -0.2) is 4.90 Å². The van der Waals surface area contributed by atoms with Crippen LogP contribution < -0.4 is 4.90 Å². The van der Waals surface area contributed by atoms with Crippen molar-refractivity contribution in [2.75, 3.05) is 24.5 Å². The zero-order valence-corrected chi connectivity index (χ0v) is 14.6. The molecular formula is C20H21N3S. The van der Waals surface area contributed by atoms with Crippen LogP contribution in [0.4, 0.5) is 11.4 Å². The van der Waals surface area contributed by atoms with E-state index in [0.717, 1.165) is 29.1 Å². The lowest BCUT2D eigenvalue weighted by atomic mass is 10.1. The van der Waals surface area contributed by atoms with Gasteiger partial charge >= 0.3 is 0 Å². The van der Waals surface area contributed by atoms with Crippen molar-refractivity contribution in [1.82, 2.24) is 4.90 Å². The maximum absolute atomic E-state index is 9.77. The van der Waals surface area contributed by atoms with E-state index in [1.165, 1.54) is 42.9 Å². The third-order valence-corrected chi connectivity index (χ3v) is 5.97. The molecule has 122 valence electrons. The number of fused-ring (bicyclic) bond motifs is 2. The van der Waals surface area contributed by atoms with E-state index in [4.69, 9.17) is 0 Å². The van der Waals surface area contributed by atoms with Crippen LogP contribution in [-0.2, 0) is 6.42 Å². The second-order valence-electron chi connectivity index (χ2n) is 6.42. The number of likely N-dealkylation sites (tertiary alicyclic amines) is 1. The molecule has 0 amide bonds. The van der Waals surface area contributed by atoms with Gasteiger partial charge in [-0.3, -0.25) is 0 Å². The van der Waals surface area contributed by atoms with E-state index in [-0.39, 0.29) is 0 Å². The fraction of sp³-hybridized carbons (Fsp3) is 0.350. The van der Waals surface area contributed by atoms with Crippen LogP contribution in [0.25, 0.3) is 0 Å². The summed E-state index contributed by atoms with van der Waals surface area (Å²) in [7, 11) is 0. The lowest BCUT2D eigenvalue weighted by Crippen LogP contribution is -2.21. The predicted octanol–water partition coefficient (Wildman–Crippen LogP) is 4.80. The first-order valence-electron chi connectivity index (χ1n) is 8.68. The number of hydrogen-bond donors (Lipinski definition) is 0. The molecule has 1 saturated heterocycles. The number of nitriles is 1. The quantitative estimate of drug-likeness (QED) is 0.751. The summed E-state index contributed by atoms with van der Waals surface area (Å²) in [4.78, 5) is 6.71. The van der Waals surface area contributed by atoms with Crippen molar-refractivity contribution in [2.24, 2.45) is 0 Å². The molecule has 3 nitrogen and oxygen atoms in total. The van der Waals surface area contributed by atoms with Gasteiger partial charge in [-0.15, -0.1) is 0 Å². The highest BCUT2D eigenvalue weighted by molar-refractivity contribution is 7.99. The molecule has 4 heteroatoms. The number of nitrogens with zero attached hydrogens (tertiary/aromatic N) is 3. The molecule has 2 aromatic carbocycles. The van der Waals surface area contributed by atoms with Crippen LogP contribution in [0.2, 0.25) is 0 Å². The molecule has 0 N–H and O–H groups in total. The number of aryl methyl sites for hydroxylation is 1. The Morgan fingerprint density at radius 2 is 1.79 bits per heavy atom.